The van der Waals surface area contributed by atoms with E-state index >= 15 is 0 Å². The lowest BCUT2D eigenvalue weighted by Gasteiger charge is -2.40. The van der Waals surface area contributed by atoms with Gasteiger partial charge in [0, 0.05) is 6.42 Å². The normalized spacial score (nSPS) is 19.6. The Morgan fingerprint density at radius 2 is 0.849 bits per heavy atom. The summed E-state index contributed by atoms with van der Waals surface area (Å²) in [5, 5.41) is 54.2. The Bertz CT molecular complexity index is 1380. The first-order chi connectivity index (χ1) is 35.8. The first-order valence-electron chi connectivity index (χ1n) is 30.7. The topological polar surface area (TPSA) is 149 Å². The third-order valence-corrected chi connectivity index (χ3v) is 14.3. The molecule has 0 saturated carbocycles. The van der Waals surface area contributed by atoms with Crippen LogP contribution in [-0.2, 0) is 14.3 Å². The van der Waals surface area contributed by atoms with Gasteiger partial charge >= 0.3 is 0 Å². The fourth-order valence-electron chi connectivity index (χ4n) is 9.48. The van der Waals surface area contributed by atoms with E-state index in [9.17, 15) is 30.3 Å². The first-order valence-corrected chi connectivity index (χ1v) is 30.7. The van der Waals surface area contributed by atoms with Crippen LogP contribution >= 0.6 is 0 Å². The number of ether oxygens (including phenoxy) is 2. The van der Waals surface area contributed by atoms with E-state index < -0.39 is 49.5 Å². The number of unbranched alkanes of at least 4 members (excludes halogenated alkanes) is 32. The van der Waals surface area contributed by atoms with Gasteiger partial charge in [0.25, 0.3) is 0 Å². The monoisotopic (exact) mass is 1030 g/mol. The number of rotatable bonds is 52. The molecule has 73 heavy (non-hydrogen) atoms. The smallest absolute Gasteiger partial charge is 0.220 e. The van der Waals surface area contributed by atoms with Crippen LogP contribution in [0.25, 0.3) is 0 Å². The number of nitrogens with one attached hydrogen (secondary N) is 1. The van der Waals surface area contributed by atoms with Gasteiger partial charge in [0.15, 0.2) is 6.29 Å². The molecule has 0 spiro atoms. The van der Waals surface area contributed by atoms with Crippen molar-refractivity contribution < 1.29 is 39.8 Å². The van der Waals surface area contributed by atoms with Gasteiger partial charge in [-0.25, -0.2) is 0 Å². The molecule has 1 rings (SSSR count). The van der Waals surface area contributed by atoms with Crippen LogP contribution in [0.4, 0.5) is 0 Å². The molecule has 0 aliphatic carbocycles. The van der Waals surface area contributed by atoms with Gasteiger partial charge < -0.3 is 40.3 Å². The Morgan fingerprint density at radius 1 is 0.479 bits per heavy atom. The Kier molecular flexibility index (Phi) is 49.9. The van der Waals surface area contributed by atoms with Crippen LogP contribution in [0.1, 0.15) is 271 Å². The quantitative estimate of drug-likeness (QED) is 0.0261. The lowest BCUT2D eigenvalue weighted by atomic mass is 9.99. The highest BCUT2D eigenvalue weighted by molar-refractivity contribution is 5.76. The maximum atomic E-state index is 13.0. The molecular formula is C64H115NO8. The van der Waals surface area contributed by atoms with Crippen molar-refractivity contribution in [3.8, 4) is 0 Å². The number of amides is 1. The Morgan fingerprint density at radius 3 is 1.26 bits per heavy atom. The van der Waals surface area contributed by atoms with Crippen LogP contribution in [0.15, 0.2) is 72.9 Å². The van der Waals surface area contributed by atoms with Gasteiger partial charge in [0.05, 0.1) is 25.4 Å². The molecule has 6 N–H and O–H groups in total. The molecule has 1 fully saturated rings. The molecule has 7 unspecified atom stereocenters. The maximum absolute atomic E-state index is 13.0. The summed E-state index contributed by atoms with van der Waals surface area (Å²) in [4.78, 5) is 13.0. The average molecular weight is 1030 g/mol. The van der Waals surface area contributed by atoms with Crippen LogP contribution in [0.2, 0.25) is 0 Å². The maximum Gasteiger partial charge on any atom is 0.220 e. The van der Waals surface area contributed by atoms with Gasteiger partial charge in [0.2, 0.25) is 5.91 Å². The van der Waals surface area contributed by atoms with E-state index in [2.05, 4.69) is 79.9 Å². The molecule has 424 valence electrons. The van der Waals surface area contributed by atoms with E-state index in [-0.39, 0.29) is 12.5 Å². The van der Waals surface area contributed by atoms with Crippen LogP contribution in [0.3, 0.4) is 0 Å². The van der Waals surface area contributed by atoms with Crippen molar-refractivity contribution in [2.75, 3.05) is 13.2 Å². The summed E-state index contributed by atoms with van der Waals surface area (Å²) in [6, 6.07) is -0.802. The average Bonchev–Trinajstić information content (AvgIpc) is 3.39. The van der Waals surface area contributed by atoms with Gasteiger partial charge in [-0.3, -0.25) is 4.79 Å². The molecule has 0 bridgehead atoms. The number of carbonyl (C=O) groups excluding carboxylic acids is 1. The van der Waals surface area contributed by atoms with Crippen molar-refractivity contribution in [2.45, 2.75) is 314 Å². The zero-order valence-electron chi connectivity index (χ0n) is 47.1. The van der Waals surface area contributed by atoms with E-state index in [0.29, 0.717) is 6.42 Å². The Labute approximate surface area is 448 Å². The molecule has 9 heteroatoms. The van der Waals surface area contributed by atoms with Crippen LogP contribution < -0.4 is 5.32 Å². The van der Waals surface area contributed by atoms with Crippen molar-refractivity contribution in [3.63, 3.8) is 0 Å². The van der Waals surface area contributed by atoms with E-state index in [1.165, 1.54) is 180 Å². The zero-order valence-corrected chi connectivity index (χ0v) is 47.1. The second-order valence-corrected chi connectivity index (χ2v) is 21.1. The van der Waals surface area contributed by atoms with Gasteiger partial charge in [-0.15, -0.1) is 0 Å². The summed E-state index contributed by atoms with van der Waals surface area (Å²) in [5.74, 6) is -0.177. The second-order valence-electron chi connectivity index (χ2n) is 21.1. The number of aliphatic hydroxyl groups excluding tert-OH is 5. The molecule has 1 saturated heterocycles. The predicted molar refractivity (Wildman–Crippen MR) is 309 cm³/mol. The molecular weight excluding hydrogens is 911 g/mol. The van der Waals surface area contributed by atoms with E-state index in [1.54, 1.807) is 6.08 Å². The van der Waals surface area contributed by atoms with Crippen molar-refractivity contribution >= 4 is 5.91 Å². The summed E-state index contributed by atoms with van der Waals surface area (Å²) in [5.41, 5.74) is 0. The lowest BCUT2D eigenvalue weighted by Crippen LogP contribution is -2.60. The number of hydrogen-bond acceptors (Lipinski definition) is 8. The highest BCUT2D eigenvalue weighted by Crippen LogP contribution is 2.23. The molecule has 0 aromatic rings. The summed E-state index contributed by atoms with van der Waals surface area (Å²) < 4.78 is 11.2. The van der Waals surface area contributed by atoms with E-state index in [4.69, 9.17) is 9.47 Å². The SMILES string of the molecule is CC/C=C\C/C=C\C/C=C\C/C=C\C/C=C\CCCCCCCCCCCCCCCCCCCCCCCCCCCC(=O)NC(COC1OC(CO)C(O)C(O)C1O)C(O)/C=C/CCCCCCCCC. The summed E-state index contributed by atoms with van der Waals surface area (Å²) in [6.07, 6.45) is 67.4. The highest BCUT2D eigenvalue weighted by atomic mass is 16.7. The molecule has 1 aliphatic heterocycles. The number of aliphatic hydroxyl groups is 5. The molecule has 0 radical (unpaired) electrons. The minimum Gasteiger partial charge on any atom is -0.394 e. The van der Waals surface area contributed by atoms with Gasteiger partial charge in [-0.1, -0.05) is 273 Å². The standard InChI is InChI=1S/C64H115NO8/c1-3-5-7-9-11-13-14-15-16-17-18-19-20-21-22-23-24-25-26-27-28-29-30-31-32-33-34-35-36-37-38-39-40-41-42-43-44-46-48-50-52-54-60(68)65-57(58(67)53-51-49-47-45-12-10-8-6-4-2)56-72-64-63(71)62(70)61(69)59(55-66)73-64/h5,7,11,13,15-16,18-19,21-22,51,53,57-59,61-64,66-67,69-71H,3-4,6,8-10,12,14,17,20,23-50,52,54-56H2,1-2H3,(H,65,68)/b7-5-,13-11-,16-15-,19-18-,22-21-,53-51+. The third kappa shape index (κ3) is 42.4. The minimum absolute atomic E-state index is 0.177. The molecule has 1 aliphatic rings. The minimum atomic E-state index is -1.56. The second kappa shape index (κ2) is 53.0. The Balaban J connectivity index is 1.98. The molecule has 1 heterocycles. The summed E-state index contributed by atoms with van der Waals surface area (Å²) in [6.45, 7) is 3.64. The van der Waals surface area contributed by atoms with E-state index in [1.807, 2.05) is 6.08 Å². The molecule has 0 aromatic heterocycles. The first kappa shape index (κ1) is 68.6. The number of hydrogen-bond donors (Lipinski definition) is 6. The van der Waals surface area contributed by atoms with Crippen molar-refractivity contribution in [1.82, 2.24) is 5.32 Å². The zero-order chi connectivity index (χ0) is 52.9. The largest absolute Gasteiger partial charge is 0.394 e. The fraction of sp³-hybridized carbons (Fsp3) is 0.797. The van der Waals surface area contributed by atoms with Gasteiger partial charge in [-0.05, 0) is 64.2 Å². The molecule has 1 amide bonds. The number of allylic oxidation sites excluding steroid dienone is 11. The molecule has 0 aromatic carbocycles. The van der Waals surface area contributed by atoms with Gasteiger partial charge in [-0.2, -0.15) is 0 Å². The van der Waals surface area contributed by atoms with E-state index in [0.717, 1.165) is 70.6 Å². The summed E-state index contributed by atoms with van der Waals surface area (Å²) in [7, 11) is 0. The Hall–Kier alpha value is -2.37. The van der Waals surface area contributed by atoms with Crippen LogP contribution in [0, 0.1) is 0 Å². The van der Waals surface area contributed by atoms with Crippen LogP contribution in [0.5, 0.6) is 0 Å². The lowest BCUT2D eigenvalue weighted by molar-refractivity contribution is -0.302. The third-order valence-electron chi connectivity index (χ3n) is 14.3. The van der Waals surface area contributed by atoms with Crippen molar-refractivity contribution in [3.05, 3.63) is 72.9 Å². The van der Waals surface area contributed by atoms with Crippen LogP contribution in [-0.4, -0.2) is 87.5 Å². The highest BCUT2D eigenvalue weighted by Gasteiger charge is 2.44. The summed E-state index contributed by atoms with van der Waals surface area (Å²) >= 11 is 0. The molecule has 7 atom stereocenters. The fourth-order valence-corrected chi connectivity index (χ4v) is 9.48. The number of carbonyl (C=O) groups is 1. The van der Waals surface area contributed by atoms with Crippen molar-refractivity contribution in [1.29, 1.82) is 0 Å². The predicted octanol–water partition coefficient (Wildman–Crippen LogP) is 15.6. The van der Waals surface area contributed by atoms with Gasteiger partial charge in [0.1, 0.15) is 24.4 Å². The van der Waals surface area contributed by atoms with Crippen molar-refractivity contribution in [2.24, 2.45) is 0 Å². The molecule has 9 nitrogen and oxygen atoms in total.